The van der Waals surface area contributed by atoms with Gasteiger partial charge in [0.05, 0.1) is 13.2 Å². The van der Waals surface area contributed by atoms with Gasteiger partial charge in [-0.1, -0.05) is 0 Å². The molecule has 0 saturated heterocycles. The van der Waals surface area contributed by atoms with Gasteiger partial charge in [-0.05, 0) is 18.2 Å². The molecule has 0 saturated carbocycles. The predicted octanol–water partition coefficient (Wildman–Crippen LogP) is 2.35. The van der Waals surface area contributed by atoms with Crippen LogP contribution in [0.25, 0.3) is 10.9 Å². The van der Waals surface area contributed by atoms with Crippen molar-refractivity contribution in [1.29, 1.82) is 0 Å². The van der Waals surface area contributed by atoms with Crippen LogP contribution in [0.3, 0.4) is 0 Å². The van der Waals surface area contributed by atoms with Crippen molar-refractivity contribution < 1.29 is 18.2 Å². The maximum Gasteiger partial charge on any atom is 0.749 e. The Morgan fingerprint density at radius 3 is 2.88 bits per heavy atom. The maximum atomic E-state index is 11.1. The lowest BCUT2D eigenvalue weighted by Gasteiger charge is -1.96. The van der Waals surface area contributed by atoms with Gasteiger partial charge in [0, 0.05) is 16.0 Å². The number of nitrogens with zero attached hydrogens (tertiary/aromatic N) is 1. The van der Waals surface area contributed by atoms with Crippen LogP contribution in [0.4, 0.5) is 0 Å². The molecule has 0 aliphatic rings. The van der Waals surface area contributed by atoms with Gasteiger partial charge in [0.1, 0.15) is 7.05 Å². The zero-order valence-electron chi connectivity index (χ0n) is 9.08. The minimum absolute atomic E-state index is 0.539. The molecule has 1 unspecified atom stereocenters. The first-order valence-corrected chi connectivity index (χ1v) is 5.88. The first-order chi connectivity index (χ1) is 7.70. The summed E-state index contributed by atoms with van der Waals surface area (Å²) in [6.45, 7) is 0. The van der Waals surface area contributed by atoms with E-state index in [1.54, 1.807) is 6.07 Å². The van der Waals surface area contributed by atoms with E-state index in [0.717, 1.165) is 10.9 Å². The minimum atomic E-state index is -2.08. The highest BCUT2D eigenvalue weighted by molar-refractivity contribution is 7.33. The molecule has 1 aromatic heterocycles. The molecule has 1 atom stereocenters. The quantitative estimate of drug-likeness (QED) is 0.607. The molecule has 0 N–H and O–H groups in total. The Labute approximate surface area is 94.4 Å². The fourth-order valence-corrected chi connectivity index (χ4v) is 1.87. The van der Waals surface area contributed by atoms with Gasteiger partial charge in [-0.15, -0.1) is 4.52 Å². The van der Waals surface area contributed by atoms with Crippen LogP contribution in [-0.4, -0.2) is 7.11 Å². The highest BCUT2D eigenvalue weighted by atomic mass is 31.1. The van der Waals surface area contributed by atoms with Crippen molar-refractivity contribution >= 4 is 19.2 Å². The zero-order chi connectivity index (χ0) is 11.5. The second-order valence-electron chi connectivity index (χ2n) is 3.34. The standard InChI is InChI=1S/C11H12NO3P/c1-12-7-3-4-9-5-6-10(8-11(9)12)15-16(13)14-2/h3-8H,1-2H3/q+2. The Balaban J connectivity index is 2.43. The van der Waals surface area contributed by atoms with Gasteiger partial charge in [-0.25, -0.2) is 9.09 Å². The van der Waals surface area contributed by atoms with E-state index in [0.29, 0.717) is 5.75 Å². The molecule has 16 heavy (non-hydrogen) atoms. The molecule has 1 heterocycles. The van der Waals surface area contributed by atoms with Gasteiger partial charge in [0.15, 0.2) is 11.9 Å². The lowest BCUT2D eigenvalue weighted by Crippen LogP contribution is -2.27. The smallest absolute Gasteiger partial charge is 0.229 e. The average molecular weight is 237 g/mol. The fraction of sp³-hybridized carbons (Fsp3) is 0.182. The van der Waals surface area contributed by atoms with Gasteiger partial charge in [0.2, 0.25) is 5.52 Å². The average Bonchev–Trinajstić information content (AvgIpc) is 2.30. The van der Waals surface area contributed by atoms with E-state index in [4.69, 9.17) is 4.52 Å². The van der Waals surface area contributed by atoms with E-state index in [1.807, 2.05) is 42.1 Å². The Hall–Kier alpha value is -1.51. The van der Waals surface area contributed by atoms with Crippen LogP contribution in [0.15, 0.2) is 36.5 Å². The summed E-state index contributed by atoms with van der Waals surface area (Å²) in [7, 11) is 1.21. The number of aromatic nitrogens is 1. The van der Waals surface area contributed by atoms with Gasteiger partial charge in [-0.3, -0.25) is 0 Å². The molecule has 0 radical (unpaired) electrons. The van der Waals surface area contributed by atoms with Crippen LogP contribution in [0.5, 0.6) is 5.75 Å². The highest BCUT2D eigenvalue weighted by Crippen LogP contribution is 2.28. The van der Waals surface area contributed by atoms with Gasteiger partial charge in [0.25, 0.3) is 0 Å². The van der Waals surface area contributed by atoms with Crippen LogP contribution in [0.2, 0.25) is 0 Å². The van der Waals surface area contributed by atoms with Gasteiger partial charge in [-0.2, -0.15) is 0 Å². The van der Waals surface area contributed by atoms with Crippen molar-refractivity contribution in [1.82, 2.24) is 0 Å². The first kappa shape index (κ1) is 11.0. The minimum Gasteiger partial charge on any atom is -0.229 e. The molecule has 0 aliphatic carbocycles. The topological polar surface area (TPSA) is 39.4 Å². The summed E-state index contributed by atoms with van der Waals surface area (Å²) in [5.74, 6) is 0.539. The molecule has 5 heteroatoms. The highest BCUT2D eigenvalue weighted by Gasteiger charge is 2.20. The summed E-state index contributed by atoms with van der Waals surface area (Å²) in [6, 6.07) is 9.51. The third kappa shape index (κ3) is 2.18. The van der Waals surface area contributed by atoms with E-state index in [1.165, 1.54) is 7.11 Å². The molecular weight excluding hydrogens is 225 g/mol. The van der Waals surface area contributed by atoms with E-state index in [2.05, 4.69) is 4.52 Å². The number of hydrogen-bond acceptors (Lipinski definition) is 3. The summed E-state index contributed by atoms with van der Waals surface area (Å²) in [5.41, 5.74) is 1.01. The first-order valence-electron chi connectivity index (χ1n) is 4.78. The summed E-state index contributed by atoms with van der Waals surface area (Å²) in [6.07, 6.45) is 1.95. The Bertz CT molecular complexity index is 542. The van der Waals surface area contributed by atoms with E-state index < -0.39 is 8.25 Å². The van der Waals surface area contributed by atoms with Crippen molar-refractivity contribution in [2.24, 2.45) is 7.05 Å². The lowest BCUT2D eigenvalue weighted by atomic mass is 10.2. The number of pyridine rings is 1. The molecule has 0 spiro atoms. The molecule has 0 aliphatic heterocycles. The molecule has 2 aromatic rings. The number of fused-ring (bicyclic) bond motifs is 1. The Morgan fingerprint density at radius 1 is 1.31 bits per heavy atom. The maximum absolute atomic E-state index is 11.1. The van der Waals surface area contributed by atoms with Crippen LogP contribution in [0, 0.1) is 0 Å². The van der Waals surface area contributed by atoms with Crippen LogP contribution >= 0.6 is 8.25 Å². The van der Waals surface area contributed by atoms with E-state index >= 15 is 0 Å². The van der Waals surface area contributed by atoms with Crippen molar-refractivity contribution in [3.05, 3.63) is 36.5 Å². The number of benzene rings is 1. The summed E-state index contributed by atoms with van der Waals surface area (Å²) in [5, 5.41) is 1.10. The van der Waals surface area contributed by atoms with E-state index in [-0.39, 0.29) is 0 Å². The van der Waals surface area contributed by atoms with Gasteiger partial charge < -0.3 is 0 Å². The molecule has 4 nitrogen and oxygen atoms in total. The van der Waals surface area contributed by atoms with E-state index in [9.17, 15) is 4.57 Å². The summed E-state index contributed by atoms with van der Waals surface area (Å²) in [4.78, 5) is 0. The monoisotopic (exact) mass is 237 g/mol. The number of aryl methyl sites for hydroxylation is 1. The van der Waals surface area contributed by atoms with Crippen molar-refractivity contribution in [3.8, 4) is 5.75 Å². The molecule has 1 aromatic carbocycles. The fourth-order valence-electron chi connectivity index (χ4n) is 1.51. The van der Waals surface area contributed by atoms with Crippen molar-refractivity contribution in [3.63, 3.8) is 0 Å². The third-order valence-electron chi connectivity index (χ3n) is 2.30. The molecular formula is C11H12NO3P+2. The lowest BCUT2D eigenvalue weighted by molar-refractivity contribution is -0.644. The molecule has 0 fully saturated rings. The number of rotatable bonds is 3. The number of hydrogen-bond donors (Lipinski definition) is 0. The Kier molecular flexibility index (Phi) is 3.13. The normalized spacial score (nSPS) is 11.5. The molecule has 0 amide bonds. The van der Waals surface area contributed by atoms with Gasteiger partial charge >= 0.3 is 8.25 Å². The zero-order valence-corrected chi connectivity index (χ0v) is 9.98. The van der Waals surface area contributed by atoms with Crippen LogP contribution in [-0.2, 0) is 16.1 Å². The van der Waals surface area contributed by atoms with Crippen LogP contribution < -0.4 is 9.09 Å². The van der Waals surface area contributed by atoms with Crippen molar-refractivity contribution in [2.75, 3.05) is 7.11 Å². The molecule has 82 valence electrons. The van der Waals surface area contributed by atoms with Crippen LogP contribution in [0.1, 0.15) is 0 Å². The second kappa shape index (κ2) is 4.56. The van der Waals surface area contributed by atoms with Crippen molar-refractivity contribution in [2.45, 2.75) is 0 Å². The largest absolute Gasteiger partial charge is 0.749 e. The predicted molar refractivity (Wildman–Crippen MR) is 60.4 cm³/mol. The molecule has 2 rings (SSSR count). The summed E-state index contributed by atoms with van der Waals surface area (Å²) < 4.78 is 22.8. The summed E-state index contributed by atoms with van der Waals surface area (Å²) >= 11 is 0. The molecule has 0 bridgehead atoms. The third-order valence-corrected chi connectivity index (χ3v) is 2.95. The SMILES string of the molecule is CO[P+](=O)Oc1ccc2ccc[n+](C)c2c1. The second-order valence-corrected chi connectivity index (χ2v) is 4.33. The Morgan fingerprint density at radius 2 is 2.12 bits per heavy atom.